The zero-order chi connectivity index (χ0) is 79.3. The predicted molar refractivity (Wildman–Crippen MR) is 457 cm³/mol. The lowest BCUT2D eigenvalue weighted by molar-refractivity contribution is 0.100. The van der Waals surface area contributed by atoms with Gasteiger partial charge < -0.3 is 44.1 Å². The molecule has 0 bridgehead atoms. The van der Waals surface area contributed by atoms with Crippen molar-refractivity contribution in [2.75, 3.05) is 129 Å². The standard InChI is InChI=1S/C22H21NO.C20H23NO.C19H21NO.C13H18N2O.C12H15NO3.C10H13NO/c1-16-4-10-20(11-5-16)23(21-12-6-17(2)7-13-21)22-14-8-19(9-15-22)18(3)24;1-16(22)19-7-9-20(10-8-19)21-13-11-18(12-14-21)15-17-5-3-2-4-6-17;1-15(21)16-7-9-19(10-8-16)20-13-11-18(12-14-20)17-5-3-2-4-6-17;1-11(16)12-3-5-13(6-4-12)15-9-7-14(2)8-10-15;1-9(14)11-8-10(2-3-12(11)15)13-4-6-16-7-5-13;1-8(12)9-5-4-6-10(7-9)11(2)3/h4-15H,1-3H3;2-10,18H,11-15H2,1H3;2-10,18H,11-14H2,1H3;3-6H,7-10H2,1-2H3;2-3,8,15H,4-7H2,1H3;4-7H,1-3H3. The van der Waals surface area contributed by atoms with E-state index in [-0.39, 0.29) is 40.4 Å². The molecule has 10 aromatic rings. The van der Waals surface area contributed by atoms with Gasteiger partial charge in [0.15, 0.2) is 34.7 Å². The van der Waals surface area contributed by atoms with Crippen LogP contribution in [0.3, 0.4) is 0 Å². The molecule has 4 aliphatic heterocycles. The topological polar surface area (TPSA) is 155 Å². The van der Waals surface area contributed by atoms with Crippen LogP contribution in [-0.4, -0.2) is 145 Å². The zero-order valence-corrected chi connectivity index (χ0v) is 66.8. The summed E-state index contributed by atoms with van der Waals surface area (Å²) in [6, 6.07) is 83.0. The van der Waals surface area contributed by atoms with Gasteiger partial charge in [0.1, 0.15) is 5.75 Å². The molecule has 4 aliphatic rings. The molecule has 0 aliphatic carbocycles. The average Bonchev–Trinajstić information content (AvgIpc) is 0.810. The predicted octanol–water partition coefficient (Wildman–Crippen LogP) is 19.6. The molecule has 4 saturated heterocycles. The Hall–Kier alpha value is -11.3. The Balaban J connectivity index is 0.000000155. The van der Waals surface area contributed by atoms with Gasteiger partial charge >= 0.3 is 0 Å². The second-order valence-corrected chi connectivity index (χ2v) is 29.4. The van der Waals surface area contributed by atoms with E-state index in [2.05, 4.69) is 184 Å². The first-order chi connectivity index (χ1) is 53.5. The number of likely N-dealkylation sites (N-methyl/N-ethyl adjacent to an activating group) is 1. The van der Waals surface area contributed by atoms with Crippen molar-refractivity contribution in [2.24, 2.45) is 5.92 Å². The van der Waals surface area contributed by atoms with Crippen LogP contribution in [0.5, 0.6) is 5.75 Å². The first-order valence-corrected chi connectivity index (χ1v) is 38.8. The highest BCUT2D eigenvalue weighted by molar-refractivity contribution is 5.98. The van der Waals surface area contributed by atoms with Crippen LogP contribution in [0.4, 0.5) is 45.5 Å². The SMILES string of the molecule is CC(=O)c1cc(N2CCOCC2)ccc1O.CC(=O)c1ccc(N(c2ccc(C)cc2)c2ccc(C)cc2)cc1.CC(=O)c1ccc(N2CCC(Cc3ccccc3)CC2)cc1.CC(=O)c1ccc(N2CCC(c3ccccc3)CC2)cc1.CC(=O)c1ccc(N2CCN(C)CC2)cc1.CC(=O)c1cccc(N(C)C)c1. The summed E-state index contributed by atoms with van der Waals surface area (Å²) >= 11 is 0. The number of piperidine rings is 2. The number of phenolic OH excluding ortho intramolecular Hbond substituents is 1. The van der Waals surface area contributed by atoms with Crippen LogP contribution < -0.4 is 29.4 Å². The Bertz CT molecular complexity index is 4540. The molecule has 0 radical (unpaired) electrons. The van der Waals surface area contributed by atoms with Crippen molar-refractivity contribution in [3.8, 4) is 5.75 Å². The summed E-state index contributed by atoms with van der Waals surface area (Å²) < 4.78 is 5.26. The zero-order valence-electron chi connectivity index (χ0n) is 66.8. The van der Waals surface area contributed by atoms with Crippen LogP contribution in [-0.2, 0) is 11.2 Å². The minimum Gasteiger partial charge on any atom is -0.507 e. The molecule has 111 heavy (non-hydrogen) atoms. The number of rotatable bonds is 17. The number of nitrogens with zero attached hydrogens (tertiary/aromatic N) is 7. The quantitative estimate of drug-likeness (QED) is 0.0859. The van der Waals surface area contributed by atoms with Gasteiger partial charge in [0, 0.05) is 153 Å². The van der Waals surface area contributed by atoms with Crippen molar-refractivity contribution in [3.05, 3.63) is 304 Å². The molecule has 15 heteroatoms. The molecule has 0 unspecified atom stereocenters. The van der Waals surface area contributed by atoms with E-state index < -0.39 is 0 Å². The van der Waals surface area contributed by atoms with E-state index >= 15 is 0 Å². The van der Waals surface area contributed by atoms with Crippen LogP contribution in [0.15, 0.2) is 249 Å². The fourth-order valence-corrected chi connectivity index (χ4v) is 13.8. The number of piperazine rings is 1. The summed E-state index contributed by atoms with van der Waals surface area (Å²) in [4.78, 5) is 83.5. The van der Waals surface area contributed by atoms with Crippen molar-refractivity contribution >= 4 is 80.2 Å². The Labute approximate surface area is 658 Å². The monoisotopic (exact) mass is 1490 g/mol. The maximum absolute atomic E-state index is 11.5. The van der Waals surface area contributed by atoms with Crippen LogP contribution in [0.1, 0.15) is 158 Å². The molecular formula is C96H111N7O8. The Morgan fingerprint density at radius 1 is 0.369 bits per heavy atom. The second kappa shape index (κ2) is 42.1. The van der Waals surface area contributed by atoms with E-state index in [0.717, 1.165) is 128 Å². The van der Waals surface area contributed by atoms with Crippen LogP contribution >= 0.6 is 0 Å². The minimum absolute atomic E-state index is 0.0458. The van der Waals surface area contributed by atoms with E-state index in [0.29, 0.717) is 24.7 Å². The molecule has 14 rings (SSSR count). The fraction of sp³-hybridized carbons (Fsp3) is 0.312. The summed E-state index contributed by atoms with van der Waals surface area (Å²) in [5.41, 5.74) is 18.6. The number of ether oxygens (including phenoxy) is 1. The molecule has 0 saturated carbocycles. The lowest BCUT2D eigenvalue weighted by atomic mass is 9.89. The van der Waals surface area contributed by atoms with Crippen molar-refractivity contribution in [1.29, 1.82) is 0 Å². The van der Waals surface area contributed by atoms with Gasteiger partial charge in [-0.1, -0.05) is 108 Å². The van der Waals surface area contributed by atoms with Gasteiger partial charge in [0.25, 0.3) is 0 Å². The normalized spacial score (nSPS) is 14.3. The molecule has 0 aromatic heterocycles. The van der Waals surface area contributed by atoms with Gasteiger partial charge in [0.2, 0.25) is 0 Å². The summed E-state index contributed by atoms with van der Waals surface area (Å²) in [5, 5.41) is 9.54. The molecule has 4 heterocycles. The van der Waals surface area contributed by atoms with E-state index in [1.807, 2.05) is 122 Å². The van der Waals surface area contributed by atoms with E-state index in [4.69, 9.17) is 4.74 Å². The summed E-state index contributed by atoms with van der Waals surface area (Å²) in [6.07, 6.45) is 6.06. The van der Waals surface area contributed by atoms with E-state index in [9.17, 15) is 33.9 Å². The minimum atomic E-state index is -0.118. The van der Waals surface area contributed by atoms with Crippen molar-refractivity contribution in [3.63, 3.8) is 0 Å². The Morgan fingerprint density at radius 3 is 1.16 bits per heavy atom. The Morgan fingerprint density at radius 2 is 0.748 bits per heavy atom. The van der Waals surface area contributed by atoms with Crippen LogP contribution in [0.25, 0.3) is 0 Å². The molecule has 578 valence electrons. The number of Topliss-reactive ketones (excluding diaryl/α,β-unsaturated/α-hetero) is 6. The largest absolute Gasteiger partial charge is 0.507 e. The summed E-state index contributed by atoms with van der Waals surface area (Å²) in [5.74, 6) is 1.98. The number of aryl methyl sites for hydroxylation is 2. The number of ketones is 6. The molecule has 0 spiro atoms. The molecular weight excluding hydrogens is 1380 g/mol. The van der Waals surface area contributed by atoms with E-state index in [1.54, 1.807) is 46.8 Å². The van der Waals surface area contributed by atoms with Crippen molar-refractivity contribution < 1.29 is 38.6 Å². The van der Waals surface area contributed by atoms with Gasteiger partial charge in [0.05, 0.1) is 18.8 Å². The summed E-state index contributed by atoms with van der Waals surface area (Å²) in [6.45, 7) is 25.4. The average molecular weight is 1490 g/mol. The number of aromatic hydroxyl groups is 1. The number of benzene rings is 10. The van der Waals surface area contributed by atoms with Crippen LogP contribution in [0, 0.1) is 19.8 Å². The highest BCUT2D eigenvalue weighted by Gasteiger charge is 2.23. The Kier molecular flexibility index (Phi) is 31.7. The van der Waals surface area contributed by atoms with Crippen LogP contribution in [0.2, 0.25) is 0 Å². The van der Waals surface area contributed by atoms with Crippen molar-refractivity contribution in [1.82, 2.24) is 4.90 Å². The van der Waals surface area contributed by atoms with E-state index in [1.165, 1.54) is 78.3 Å². The third kappa shape index (κ3) is 25.7. The third-order valence-electron chi connectivity index (χ3n) is 20.8. The number of carbonyl (C=O) groups is 6. The highest BCUT2D eigenvalue weighted by atomic mass is 16.5. The van der Waals surface area contributed by atoms with Gasteiger partial charge in [-0.2, -0.15) is 0 Å². The molecule has 15 nitrogen and oxygen atoms in total. The number of anilines is 8. The number of carbonyl (C=O) groups excluding carboxylic acids is 6. The maximum atomic E-state index is 11.5. The number of morpholine rings is 1. The maximum Gasteiger partial charge on any atom is 0.163 e. The molecule has 10 aromatic carbocycles. The lowest BCUT2D eigenvalue weighted by Crippen LogP contribution is -2.44. The number of hydrogen-bond donors (Lipinski definition) is 1. The molecule has 0 amide bonds. The first kappa shape index (κ1) is 83.8. The molecule has 0 atom stereocenters. The van der Waals surface area contributed by atoms with Gasteiger partial charge in [-0.05, 0) is 269 Å². The number of phenols is 1. The third-order valence-corrected chi connectivity index (χ3v) is 20.8. The number of hydrogen-bond acceptors (Lipinski definition) is 15. The van der Waals surface area contributed by atoms with Gasteiger partial charge in [-0.25, -0.2) is 0 Å². The van der Waals surface area contributed by atoms with Gasteiger partial charge in [-0.15, -0.1) is 0 Å². The fourth-order valence-electron chi connectivity index (χ4n) is 13.8. The first-order valence-electron chi connectivity index (χ1n) is 38.8. The summed E-state index contributed by atoms with van der Waals surface area (Å²) in [7, 11) is 6.06. The molecule has 1 N–H and O–H groups in total. The highest BCUT2D eigenvalue weighted by Crippen LogP contribution is 2.36. The van der Waals surface area contributed by atoms with Gasteiger partial charge in [-0.3, -0.25) is 28.8 Å². The lowest BCUT2D eigenvalue weighted by Gasteiger charge is -2.34. The molecule has 4 fully saturated rings. The smallest absolute Gasteiger partial charge is 0.163 e. The van der Waals surface area contributed by atoms with Crippen molar-refractivity contribution in [2.45, 2.75) is 93.4 Å². The second-order valence-electron chi connectivity index (χ2n) is 29.4.